The lowest BCUT2D eigenvalue weighted by atomic mass is 9.76. The van der Waals surface area contributed by atoms with E-state index in [9.17, 15) is 19.5 Å². The molecule has 0 saturated heterocycles. The van der Waals surface area contributed by atoms with Crippen molar-refractivity contribution in [2.45, 2.75) is 25.8 Å². The summed E-state index contributed by atoms with van der Waals surface area (Å²) in [5, 5.41) is 20.2. The van der Waals surface area contributed by atoms with Crippen molar-refractivity contribution in [3.05, 3.63) is 52.9 Å². The molecule has 1 aromatic heterocycles. The molecule has 11 heteroatoms. The predicted molar refractivity (Wildman–Crippen MR) is 148 cm³/mol. The summed E-state index contributed by atoms with van der Waals surface area (Å²) in [7, 11) is 7.84. The number of rotatable bonds is 10. The largest absolute Gasteiger partial charge is 0.493 e. The third kappa shape index (κ3) is 6.43. The van der Waals surface area contributed by atoms with E-state index < -0.39 is 29.4 Å². The molecule has 2 aromatic rings. The van der Waals surface area contributed by atoms with Crippen molar-refractivity contribution in [2.24, 2.45) is 5.92 Å². The highest BCUT2D eigenvalue weighted by molar-refractivity contribution is 7.13. The fourth-order valence-corrected chi connectivity index (χ4v) is 5.10. The Balaban J connectivity index is 0.000000293. The predicted octanol–water partition coefficient (Wildman–Crippen LogP) is 4.60. The number of allylic oxidation sites excluding steroid dienone is 2. The van der Waals surface area contributed by atoms with Crippen molar-refractivity contribution in [2.75, 3.05) is 42.0 Å². The summed E-state index contributed by atoms with van der Waals surface area (Å²) < 4.78 is 21.6. The van der Waals surface area contributed by atoms with Crippen molar-refractivity contribution in [1.82, 2.24) is 4.90 Å². The minimum absolute atomic E-state index is 0.110. The van der Waals surface area contributed by atoms with Gasteiger partial charge in [0.2, 0.25) is 5.75 Å². The number of hydrogen-bond donors (Lipinski definition) is 2. The van der Waals surface area contributed by atoms with Crippen molar-refractivity contribution in [1.29, 1.82) is 0 Å². The maximum absolute atomic E-state index is 12.5. The summed E-state index contributed by atoms with van der Waals surface area (Å²) in [5.74, 6) is -1.81. The zero-order valence-electron chi connectivity index (χ0n) is 23.1. The highest BCUT2D eigenvalue weighted by Crippen LogP contribution is 2.48. The third-order valence-corrected chi connectivity index (χ3v) is 7.22. The summed E-state index contributed by atoms with van der Waals surface area (Å²) in [6, 6.07) is 5.47. The van der Waals surface area contributed by atoms with Crippen LogP contribution in [0, 0.1) is 5.92 Å². The molecule has 3 rings (SSSR count). The van der Waals surface area contributed by atoms with Gasteiger partial charge in [0.05, 0.1) is 39.1 Å². The van der Waals surface area contributed by atoms with Crippen molar-refractivity contribution >= 4 is 29.2 Å². The number of nitrogens with zero attached hydrogens (tertiary/aromatic N) is 1. The van der Waals surface area contributed by atoms with Crippen molar-refractivity contribution < 1.29 is 43.5 Å². The number of methoxy groups -OCH3 is 3. The van der Waals surface area contributed by atoms with Crippen LogP contribution < -0.4 is 14.2 Å². The van der Waals surface area contributed by atoms with Gasteiger partial charge in [0.25, 0.3) is 0 Å². The first kappa shape index (κ1) is 31.4. The highest BCUT2D eigenvalue weighted by Gasteiger charge is 2.47. The maximum atomic E-state index is 12.5. The molecule has 2 N–H and O–H groups in total. The normalized spacial score (nSPS) is 17.9. The topological polar surface area (TPSA) is 132 Å². The first-order valence-corrected chi connectivity index (χ1v) is 13.0. The number of thiophene rings is 1. The molecular weight excluding hydrogens is 526 g/mol. The van der Waals surface area contributed by atoms with Gasteiger partial charge in [0, 0.05) is 16.4 Å². The molecule has 0 spiro atoms. The van der Waals surface area contributed by atoms with Crippen LogP contribution in [-0.4, -0.2) is 80.6 Å². The Morgan fingerprint density at radius 2 is 1.74 bits per heavy atom. The molecule has 1 aliphatic rings. The molecule has 212 valence electrons. The Morgan fingerprint density at radius 3 is 2.21 bits per heavy atom. The quantitative estimate of drug-likeness (QED) is 0.397. The molecule has 2 atom stereocenters. The summed E-state index contributed by atoms with van der Waals surface area (Å²) in [6.45, 7) is 3.92. The number of carbonyl (C=O) groups is 3. The average Bonchev–Trinajstić information content (AvgIpc) is 3.45. The number of hydrogen-bond acceptors (Lipinski definition) is 9. The molecule has 10 nitrogen and oxygen atoms in total. The van der Waals surface area contributed by atoms with Gasteiger partial charge in [-0.05, 0) is 38.0 Å². The van der Waals surface area contributed by atoms with Gasteiger partial charge < -0.3 is 29.2 Å². The zero-order chi connectivity index (χ0) is 29.3. The number of aliphatic carboxylic acids is 2. The fraction of sp³-hybridized carbons (Fsp3) is 0.393. The molecule has 1 heterocycles. The second kappa shape index (κ2) is 13.8. The van der Waals surface area contributed by atoms with Gasteiger partial charge in [-0.3, -0.25) is 4.90 Å². The van der Waals surface area contributed by atoms with Crippen LogP contribution in [0.4, 0.5) is 0 Å². The number of likely N-dealkylation sites (N-methyl/N-ethyl adjacent to an activating group) is 1. The van der Waals surface area contributed by atoms with Crippen LogP contribution in [0.3, 0.4) is 0 Å². The van der Waals surface area contributed by atoms with Crippen LogP contribution in [-0.2, 0) is 14.3 Å². The molecule has 0 amide bonds. The van der Waals surface area contributed by atoms with Crippen LogP contribution in [0.2, 0.25) is 0 Å². The third-order valence-electron chi connectivity index (χ3n) is 6.34. The second-order valence-electron chi connectivity index (χ2n) is 8.71. The molecule has 1 aromatic carbocycles. The van der Waals surface area contributed by atoms with E-state index in [-0.39, 0.29) is 5.57 Å². The summed E-state index contributed by atoms with van der Waals surface area (Å²) in [6.07, 6.45) is 5.20. The smallest absolute Gasteiger partial charge is 0.339 e. The summed E-state index contributed by atoms with van der Waals surface area (Å²) in [4.78, 5) is 37.3. The number of carboxylic acids is 2. The first-order chi connectivity index (χ1) is 18.5. The van der Waals surface area contributed by atoms with Crippen LogP contribution in [0.1, 0.15) is 30.6 Å². The zero-order valence-corrected chi connectivity index (χ0v) is 24.0. The summed E-state index contributed by atoms with van der Waals surface area (Å²) in [5.41, 5.74) is -0.127. The van der Waals surface area contributed by atoms with Gasteiger partial charge in [0.15, 0.2) is 11.5 Å². The van der Waals surface area contributed by atoms with E-state index in [1.54, 1.807) is 27.1 Å². The van der Waals surface area contributed by atoms with Gasteiger partial charge in [-0.15, -0.1) is 11.3 Å². The van der Waals surface area contributed by atoms with Gasteiger partial charge in [-0.2, -0.15) is 0 Å². The monoisotopic (exact) mass is 561 g/mol. The van der Waals surface area contributed by atoms with Gasteiger partial charge in [-0.1, -0.05) is 38.1 Å². The SMILES string of the molecule is CC1C(C(=O)O)=CC=CC1(C(=O)O)N(C)C.CCCOC(=O)c1cc(OC)c(OC)c(OC)c1-c1cccs1. The lowest BCUT2D eigenvalue weighted by Gasteiger charge is -2.40. The number of esters is 1. The molecule has 0 saturated carbocycles. The first-order valence-electron chi connectivity index (χ1n) is 12.1. The Morgan fingerprint density at radius 1 is 1.08 bits per heavy atom. The van der Waals surface area contributed by atoms with Gasteiger partial charge in [-0.25, -0.2) is 14.4 Å². The van der Waals surface area contributed by atoms with E-state index in [4.69, 9.17) is 24.1 Å². The van der Waals surface area contributed by atoms with E-state index in [1.165, 1.54) is 55.8 Å². The number of carbonyl (C=O) groups excluding carboxylic acids is 1. The minimum Gasteiger partial charge on any atom is -0.493 e. The molecule has 0 bridgehead atoms. The Bertz CT molecular complexity index is 1230. The number of benzene rings is 1. The van der Waals surface area contributed by atoms with E-state index in [0.29, 0.717) is 35.0 Å². The van der Waals surface area contributed by atoms with Crippen molar-refractivity contribution in [3.63, 3.8) is 0 Å². The second-order valence-corrected chi connectivity index (χ2v) is 9.66. The maximum Gasteiger partial charge on any atom is 0.339 e. The van der Waals surface area contributed by atoms with Gasteiger partial charge >= 0.3 is 17.9 Å². The number of carboxylic acid groups (broad SMARTS) is 2. The van der Waals surface area contributed by atoms with Crippen LogP contribution in [0.5, 0.6) is 17.2 Å². The molecule has 39 heavy (non-hydrogen) atoms. The molecular formula is C28H35NO9S. The van der Waals surface area contributed by atoms with Crippen LogP contribution in [0.15, 0.2) is 47.4 Å². The average molecular weight is 562 g/mol. The Labute approximate surface area is 232 Å². The highest BCUT2D eigenvalue weighted by atomic mass is 32.1. The van der Waals surface area contributed by atoms with E-state index in [0.717, 1.165) is 11.3 Å². The molecule has 0 aliphatic heterocycles. The number of ether oxygens (including phenoxy) is 4. The van der Waals surface area contributed by atoms with E-state index in [2.05, 4.69) is 0 Å². The van der Waals surface area contributed by atoms with Crippen molar-refractivity contribution in [3.8, 4) is 27.7 Å². The lowest BCUT2D eigenvalue weighted by molar-refractivity contribution is -0.149. The van der Waals surface area contributed by atoms with Gasteiger partial charge in [0.1, 0.15) is 5.54 Å². The lowest BCUT2D eigenvalue weighted by Crippen LogP contribution is -2.56. The summed E-state index contributed by atoms with van der Waals surface area (Å²) >= 11 is 1.51. The molecule has 0 radical (unpaired) electrons. The Kier molecular flexibility index (Phi) is 11.1. The minimum atomic E-state index is -1.29. The Hall–Kier alpha value is -3.83. The van der Waals surface area contributed by atoms with Crippen LogP contribution in [0.25, 0.3) is 10.4 Å². The molecule has 2 unspecified atom stereocenters. The van der Waals surface area contributed by atoms with E-state index in [1.807, 2.05) is 24.4 Å². The van der Waals surface area contributed by atoms with Crippen LogP contribution >= 0.6 is 11.3 Å². The molecule has 1 aliphatic carbocycles. The fourth-order valence-electron chi connectivity index (χ4n) is 4.32. The molecule has 0 fully saturated rings. The van der Waals surface area contributed by atoms with E-state index >= 15 is 0 Å². The standard InChI is InChI=1S/C17H20O5S.C11H15NO4/c1-5-8-22-17(18)11-10-12(19-2)15(20-3)16(21-4)14(11)13-7-6-9-23-13;1-7-8(9(13)14)5-4-6-11(7,10(15)16)12(2)3/h6-7,9-10H,5,8H2,1-4H3;4-7H,1-3H3,(H,13,14)(H,15,16).